The molecule has 0 aliphatic carbocycles. The van der Waals surface area contributed by atoms with Crippen molar-refractivity contribution < 1.29 is 4.42 Å². The Bertz CT molecular complexity index is 235. The molecule has 1 rings (SSSR count). The summed E-state index contributed by atoms with van der Waals surface area (Å²) < 4.78 is 5.21. The predicted molar refractivity (Wildman–Crippen MR) is 50.3 cm³/mol. The Morgan fingerprint density at radius 3 is 2.77 bits per heavy atom. The van der Waals surface area contributed by atoms with E-state index in [1.54, 1.807) is 6.92 Å². The lowest BCUT2D eigenvalue weighted by molar-refractivity contribution is 0.444. The van der Waals surface area contributed by atoms with Gasteiger partial charge < -0.3 is 9.73 Å². The summed E-state index contributed by atoms with van der Waals surface area (Å²) in [5.41, 5.74) is 0. The number of rotatable bonds is 6. The molecule has 1 N–H and O–H groups in total. The Morgan fingerprint density at radius 2 is 2.15 bits per heavy atom. The first kappa shape index (κ1) is 10.2. The van der Waals surface area contributed by atoms with Crippen LogP contribution in [0.2, 0.25) is 0 Å². The molecule has 0 aliphatic rings. The molecule has 1 aromatic rings. The molecule has 0 unspecified atom stereocenters. The number of hydrogen-bond donors (Lipinski definition) is 1. The number of nitrogens with zero attached hydrogens (tertiary/aromatic N) is 2. The van der Waals surface area contributed by atoms with E-state index in [0.717, 1.165) is 6.54 Å². The van der Waals surface area contributed by atoms with Crippen LogP contribution in [0, 0.1) is 6.92 Å². The minimum Gasteiger partial charge on any atom is -0.424 e. The van der Waals surface area contributed by atoms with Crippen LogP contribution in [-0.2, 0) is 6.54 Å². The van der Waals surface area contributed by atoms with Gasteiger partial charge in [-0.15, -0.1) is 10.2 Å². The maximum Gasteiger partial charge on any atom is 0.230 e. The second-order valence-electron chi connectivity index (χ2n) is 3.10. The average Bonchev–Trinajstić information content (AvgIpc) is 2.51. The number of aromatic nitrogens is 2. The van der Waals surface area contributed by atoms with E-state index in [-0.39, 0.29) is 0 Å². The van der Waals surface area contributed by atoms with E-state index < -0.39 is 0 Å². The number of aryl methyl sites for hydroxylation is 1. The zero-order valence-corrected chi connectivity index (χ0v) is 8.34. The van der Waals surface area contributed by atoms with Gasteiger partial charge in [-0.2, -0.15) is 0 Å². The van der Waals surface area contributed by atoms with Gasteiger partial charge in [0.25, 0.3) is 0 Å². The Labute approximate surface area is 78.7 Å². The summed E-state index contributed by atoms with van der Waals surface area (Å²) in [6.45, 7) is 5.70. The molecule has 0 amide bonds. The molecule has 74 valence electrons. The second-order valence-corrected chi connectivity index (χ2v) is 3.10. The zero-order valence-electron chi connectivity index (χ0n) is 8.34. The average molecular weight is 183 g/mol. The fourth-order valence-corrected chi connectivity index (χ4v) is 1.10. The minimum atomic E-state index is 0.630. The normalized spacial score (nSPS) is 10.6. The third-order valence-electron chi connectivity index (χ3n) is 1.80. The molecule has 0 atom stereocenters. The van der Waals surface area contributed by atoms with E-state index >= 15 is 0 Å². The first-order valence-electron chi connectivity index (χ1n) is 4.82. The Balaban J connectivity index is 2.06. The lowest BCUT2D eigenvalue weighted by Gasteiger charge is -1.99. The van der Waals surface area contributed by atoms with Gasteiger partial charge in [-0.25, -0.2) is 0 Å². The fraction of sp³-hybridized carbons (Fsp3) is 0.778. The van der Waals surface area contributed by atoms with E-state index in [0.29, 0.717) is 18.3 Å². The lowest BCUT2D eigenvalue weighted by Crippen LogP contribution is -2.14. The maximum absolute atomic E-state index is 5.21. The van der Waals surface area contributed by atoms with Crippen molar-refractivity contribution in [2.75, 3.05) is 6.54 Å². The third-order valence-corrected chi connectivity index (χ3v) is 1.80. The summed E-state index contributed by atoms with van der Waals surface area (Å²) in [5.74, 6) is 1.30. The Morgan fingerprint density at radius 1 is 1.31 bits per heavy atom. The van der Waals surface area contributed by atoms with Gasteiger partial charge in [0.05, 0.1) is 6.54 Å². The molecule has 4 nitrogen and oxygen atoms in total. The van der Waals surface area contributed by atoms with Crippen LogP contribution in [-0.4, -0.2) is 16.7 Å². The van der Waals surface area contributed by atoms with E-state index in [1.807, 2.05) is 0 Å². The molecule has 0 radical (unpaired) electrons. The lowest BCUT2D eigenvalue weighted by atomic mass is 10.2. The molecule has 1 aromatic heterocycles. The molecular weight excluding hydrogens is 166 g/mol. The van der Waals surface area contributed by atoms with Crippen LogP contribution >= 0.6 is 0 Å². The van der Waals surface area contributed by atoms with Crippen molar-refractivity contribution >= 4 is 0 Å². The van der Waals surface area contributed by atoms with Gasteiger partial charge >= 0.3 is 0 Å². The second kappa shape index (κ2) is 5.70. The predicted octanol–water partition coefficient (Wildman–Crippen LogP) is 1.66. The topological polar surface area (TPSA) is 51.0 Å². The highest BCUT2D eigenvalue weighted by Crippen LogP contribution is 1.97. The van der Waals surface area contributed by atoms with Crippen LogP contribution in [0.1, 0.15) is 38.0 Å². The largest absolute Gasteiger partial charge is 0.424 e. The first-order valence-corrected chi connectivity index (χ1v) is 4.82. The number of nitrogens with one attached hydrogen (secondary N) is 1. The van der Waals surface area contributed by atoms with Crippen LogP contribution in [0.5, 0.6) is 0 Å². The van der Waals surface area contributed by atoms with Crippen LogP contribution < -0.4 is 5.32 Å². The van der Waals surface area contributed by atoms with Gasteiger partial charge in [-0.05, 0) is 13.0 Å². The highest BCUT2D eigenvalue weighted by Gasteiger charge is 1.99. The first-order chi connectivity index (χ1) is 6.33. The highest BCUT2D eigenvalue weighted by molar-refractivity contribution is 4.77. The molecule has 0 saturated carbocycles. The summed E-state index contributed by atoms with van der Waals surface area (Å²) in [6.07, 6.45) is 3.74. The van der Waals surface area contributed by atoms with E-state index in [4.69, 9.17) is 4.42 Å². The Kier molecular flexibility index (Phi) is 4.46. The van der Waals surface area contributed by atoms with Crippen molar-refractivity contribution in [3.05, 3.63) is 11.8 Å². The standard InChI is InChI=1S/C9H17N3O/c1-3-4-5-6-10-7-9-12-11-8(2)13-9/h10H,3-7H2,1-2H3. The van der Waals surface area contributed by atoms with Crippen molar-refractivity contribution in [1.82, 2.24) is 15.5 Å². The van der Waals surface area contributed by atoms with Gasteiger partial charge in [0.1, 0.15) is 0 Å². The van der Waals surface area contributed by atoms with E-state index in [2.05, 4.69) is 22.4 Å². The maximum atomic E-state index is 5.21. The minimum absolute atomic E-state index is 0.630. The molecule has 0 fully saturated rings. The third kappa shape index (κ3) is 4.03. The molecular formula is C9H17N3O. The summed E-state index contributed by atoms with van der Waals surface area (Å²) in [4.78, 5) is 0. The molecule has 0 aromatic carbocycles. The van der Waals surface area contributed by atoms with Crippen molar-refractivity contribution in [3.8, 4) is 0 Å². The van der Waals surface area contributed by atoms with Gasteiger partial charge in [-0.1, -0.05) is 19.8 Å². The van der Waals surface area contributed by atoms with Gasteiger partial charge in [0.2, 0.25) is 11.8 Å². The van der Waals surface area contributed by atoms with Crippen molar-refractivity contribution in [2.24, 2.45) is 0 Å². The van der Waals surface area contributed by atoms with E-state index in [9.17, 15) is 0 Å². The van der Waals surface area contributed by atoms with Gasteiger partial charge in [-0.3, -0.25) is 0 Å². The molecule has 13 heavy (non-hydrogen) atoms. The molecule has 1 heterocycles. The van der Waals surface area contributed by atoms with Crippen molar-refractivity contribution in [1.29, 1.82) is 0 Å². The molecule has 0 bridgehead atoms. The van der Waals surface area contributed by atoms with Crippen LogP contribution in [0.15, 0.2) is 4.42 Å². The smallest absolute Gasteiger partial charge is 0.230 e. The summed E-state index contributed by atoms with van der Waals surface area (Å²) in [6, 6.07) is 0. The molecule has 0 spiro atoms. The summed E-state index contributed by atoms with van der Waals surface area (Å²) in [7, 11) is 0. The van der Waals surface area contributed by atoms with Crippen molar-refractivity contribution in [2.45, 2.75) is 39.7 Å². The summed E-state index contributed by atoms with van der Waals surface area (Å²) >= 11 is 0. The summed E-state index contributed by atoms with van der Waals surface area (Å²) in [5, 5.41) is 10.9. The quantitative estimate of drug-likeness (QED) is 0.681. The number of hydrogen-bond acceptors (Lipinski definition) is 4. The van der Waals surface area contributed by atoms with Gasteiger partial charge in [0, 0.05) is 6.92 Å². The van der Waals surface area contributed by atoms with Crippen LogP contribution in [0.3, 0.4) is 0 Å². The SMILES string of the molecule is CCCCCNCc1nnc(C)o1. The fourth-order valence-electron chi connectivity index (χ4n) is 1.10. The van der Waals surface area contributed by atoms with Crippen LogP contribution in [0.4, 0.5) is 0 Å². The molecule has 0 saturated heterocycles. The van der Waals surface area contributed by atoms with Gasteiger partial charge in [0.15, 0.2) is 0 Å². The molecule has 0 aliphatic heterocycles. The monoisotopic (exact) mass is 183 g/mol. The zero-order chi connectivity index (χ0) is 9.52. The molecule has 4 heteroatoms. The van der Waals surface area contributed by atoms with Crippen molar-refractivity contribution in [3.63, 3.8) is 0 Å². The van der Waals surface area contributed by atoms with Crippen LogP contribution in [0.25, 0.3) is 0 Å². The highest BCUT2D eigenvalue weighted by atomic mass is 16.4. The Hall–Kier alpha value is -0.900. The number of unbranched alkanes of at least 4 members (excludes halogenated alkanes) is 2. The van der Waals surface area contributed by atoms with E-state index in [1.165, 1.54) is 19.3 Å².